The Kier molecular flexibility index (Phi) is 4.32. The number of benzene rings is 1. The Morgan fingerprint density at radius 2 is 2.12 bits per heavy atom. The third-order valence-electron chi connectivity index (χ3n) is 4.38. The summed E-state index contributed by atoms with van der Waals surface area (Å²) in [5, 5.41) is 10.6. The number of hydrogen-bond donors (Lipinski definition) is 0. The molecular formula is C18H19N3O2S. The molecule has 0 bridgehead atoms. The lowest BCUT2D eigenvalue weighted by Gasteiger charge is -2.21. The summed E-state index contributed by atoms with van der Waals surface area (Å²) < 4.78 is 11.0. The predicted molar refractivity (Wildman–Crippen MR) is 93.0 cm³/mol. The van der Waals surface area contributed by atoms with E-state index >= 15 is 0 Å². The van der Waals surface area contributed by atoms with Gasteiger partial charge in [0.05, 0.1) is 13.7 Å². The highest BCUT2D eigenvalue weighted by molar-refractivity contribution is 7.10. The summed E-state index contributed by atoms with van der Waals surface area (Å²) in [7, 11) is 1.65. The van der Waals surface area contributed by atoms with E-state index in [1.54, 1.807) is 7.11 Å². The summed E-state index contributed by atoms with van der Waals surface area (Å²) in [6.45, 7) is 1.77. The van der Waals surface area contributed by atoms with Crippen LogP contribution >= 0.6 is 11.3 Å². The molecule has 0 aliphatic carbocycles. The quantitative estimate of drug-likeness (QED) is 0.698. The molecule has 1 fully saturated rings. The van der Waals surface area contributed by atoms with Crippen molar-refractivity contribution in [3.05, 3.63) is 52.5 Å². The van der Waals surface area contributed by atoms with E-state index < -0.39 is 0 Å². The van der Waals surface area contributed by atoms with Crippen molar-refractivity contribution in [2.75, 3.05) is 13.7 Å². The number of rotatable bonds is 5. The molecule has 124 valence electrons. The van der Waals surface area contributed by atoms with Crippen LogP contribution in [0.2, 0.25) is 0 Å². The van der Waals surface area contributed by atoms with Gasteiger partial charge in [0, 0.05) is 16.5 Å². The molecule has 0 spiro atoms. The van der Waals surface area contributed by atoms with Crippen molar-refractivity contribution < 1.29 is 9.15 Å². The van der Waals surface area contributed by atoms with E-state index in [1.807, 2.05) is 35.6 Å². The van der Waals surface area contributed by atoms with Crippen LogP contribution in [0.25, 0.3) is 11.5 Å². The van der Waals surface area contributed by atoms with Crippen LogP contribution in [-0.2, 0) is 6.54 Å². The van der Waals surface area contributed by atoms with E-state index in [0.29, 0.717) is 24.4 Å². The van der Waals surface area contributed by atoms with Crippen LogP contribution in [0.4, 0.5) is 0 Å². The molecule has 1 aromatic carbocycles. The van der Waals surface area contributed by atoms with Crippen molar-refractivity contribution in [3.63, 3.8) is 0 Å². The molecule has 5 nitrogen and oxygen atoms in total. The fourth-order valence-corrected chi connectivity index (χ4v) is 4.06. The van der Waals surface area contributed by atoms with Gasteiger partial charge >= 0.3 is 0 Å². The maximum atomic E-state index is 5.87. The Hall–Kier alpha value is -2.18. The first-order chi connectivity index (χ1) is 11.8. The van der Waals surface area contributed by atoms with Crippen molar-refractivity contribution in [1.29, 1.82) is 0 Å². The summed E-state index contributed by atoms with van der Waals surface area (Å²) in [4.78, 5) is 3.85. The molecular weight excluding hydrogens is 322 g/mol. The fraction of sp³-hybridized carbons (Fsp3) is 0.333. The SMILES string of the molecule is COc1ccc(-c2nnc(CN3CCCC3c3cccs3)o2)cc1. The molecule has 0 N–H and O–H groups in total. The van der Waals surface area contributed by atoms with E-state index in [1.165, 1.54) is 17.7 Å². The Labute approximate surface area is 144 Å². The number of hydrogen-bond acceptors (Lipinski definition) is 6. The molecule has 6 heteroatoms. The second kappa shape index (κ2) is 6.75. The summed E-state index contributed by atoms with van der Waals surface area (Å²) in [6.07, 6.45) is 2.40. The molecule has 4 rings (SSSR count). The van der Waals surface area contributed by atoms with Gasteiger partial charge in [0.25, 0.3) is 0 Å². The summed E-state index contributed by atoms with van der Waals surface area (Å²) in [5.41, 5.74) is 0.908. The molecule has 24 heavy (non-hydrogen) atoms. The lowest BCUT2D eigenvalue weighted by atomic mass is 10.2. The van der Waals surface area contributed by atoms with Gasteiger partial charge in [-0.25, -0.2) is 0 Å². The molecule has 1 saturated heterocycles. The number of thiophene rings is 1. The molecule has 1 atom stereocenters. The van der Waals surface area contributed by atoms with Gasteiger partial charge in [-0.2, -0.15) is 0 Å². The van der Waals surface area contributed by atoms with Gasteiger partial charge < -0.3 is 9.15 Å². The van der Waals surface area contributed by atoms with Gasteiger partial charge in [-0.15, -0.1) is 21.5 Å². The largest absolute Gasteiger partial charge is 0.497 e. The molecule has 0 radical (unpaired) electrons. The van der Waals surface area contributed by atoms with Gasteiger partial charge in [0.2, 0.25) is 11.8 Å². The Morgan fingerprint density at radius 3 is 2.88 bits per heavy atom. The minimum absolute atomic E-state index is 0.473. The lowest BCUT2D eigenvalue weighted by molar-refractivity contribution is 0.227. The van der Waals surface area contributed by atoms with Gasteiger partial charge in [-0.05, 0) is 55.1 Å². The maximum Gasteiger partial charge on any atom is 0.247 e. The first-order valence-electron chi connectivity index (χ1n) is 8.08. The van der Waals surface area contributed by atoms with Crippen LogP contribution in [0.3, 0.4) is 0 Å². The summed E-state index contributed by atoms with van der Waals surface area (Å²) in [5.74, 6) is 2.04. The van der Waals surface area contributed by atoms with Crippen LogP contribution in [-0.4, -0.2) is 28.8 Å². The smallest absolute Gasteiger partial charge is 0.247 e. The van der Waals surface area contributed by atoms with Crippen molar-refractivity contribution >= 4 is 11.3 Å². The molecule has 2 aromatic heterocycles. The number of nitrogens with zero attached hydrogens (tertiary/aromatic N) is 3. The van der Waals surface area contributed by atoms with Crippen LogP contribution in [0.1, 0.15) is 29.7 Å². The Balaban J connectivity index is 1.48. The van der Waals surface area contributed by atoms with Crippen LogP contribution < -0.4 is 4.74 Å². The average molecular weight is 341 g/mol. The van der Waals surface area contributed by atoms with Gasteiger partial charge in [-0.1, -0.05) is 6.07 Å². The third kappa shape index (κ3) is 3.07. The highest BCUT2D eigenvalue weighted by Gasteiger charge is 2.28. The number of aromatic nitrogens is 2. The number of methoxy groups -OCH3 is 1. The van der Waals surface area contributed by atoms with Crippen molar-refractivity contribution in [2.24, 2.45) is 0 Å². The summed E-state index contributed by atoms with van der Waals surface area (Å²) in [6, 6.07) is 12.5. The molecule has 1 unspecified atom stereocenters. The van der Waals surface area contributed by atoms with Crippen LogP contribution in [0.5, 0.6) is 5.75 Å². The predicted octanol–water partition coefficient (Wildman–Crippen LogP) is 4.14. The Morgan fingerprint density at radius 1 is 1.25 bits per heavy atom. The minimum Gasteiger partial charge on any atom is -0.497 e. The highest BCUT2D eigenvalue weighted by atomic mass is 32.1. The van der Waals surface area contributed by atoms with Gasteiger partial charge in [-0.3, -0.25) is 4.90 Å². The zero-order valence-corrected chi connectivity index (χ0v) is 14.3. The molecule has 3 aromatic rings. The van der Waals surface area contributed by atoms with E-state index in [-0.39, 0.29) is 0 Å². The summed E-state index contributed by atoms with van der Waals surface area (Å²) >= 11 is 1.82. The molecule has 1 aliphatic rings. The zero-order chi connectivity index (χ0) is 16.4. The normalized spacial score (nSPS) is 18.1. The minimum atomic E-state index is 0.473. The molecule has 3 heterocycles. The molecule has 1 aliphatic heterocycles. The second-order valence-corrected chi connectivity index (χ2v) is 6.85. The van der Waals surface area contributed by atoms with E-state index in [2.05, 4.69) is 32.6 Å². The average Bonchev–Trinajstić information content (AvgIpc) is 3.37. The fourth-order valence-electron chi connectivity index (χ4n) is 3.16. The van der Waals surface area contributed by atoms with Gasteiger partial charge in [0.15, 0.2) is 0 Å². The Bertz CT molecular complexity index is 783. The number of ether oxygens (including phenoxy) is 1. The van der Waals surface area contributed by atoms with Crippen molar-refractivity contribution in [3.8, 4) is 17.2 Å². The number of likely N-dealkylation sites (tertiary alicyclic amines) is 1. The zero-order valence-electron chi connectivity index (χ0n) is 13.5. The van der Waals surface area contributed by atoms with Gasteiger partial charge in [0.1, 0.15) is 5.75 Å². The third-order valence-corrected chi connectivity index (χ3v) is 5.35. The monoisotopic (exact) mass is 341 g/mol. The highest BCUT2D eigenvalue weighted by Crippen LogP contribution is 2.35. The first-order valence-corrected chi connectivity index (χ1v) is 8.96. The standard InChI is InChI=1S/C18H19N3O2S/c1-22-14-8-6-13(7-9-14)18-20-19-17(23-18)12-21-10-2-4-15(21)16-5-3-11-24-16/h3,5-9,11,15H,2,4,10,12H2,1H3. The van der Waals surface area contributed by atoms with E-state index in [0.717, 1.165) is 17.9 Å². The topological polar surface area (TPSA) is 51.4 Å². The molecule has 0 amide bonds. The van der Waals surface area contributed by atoms with Crippen LogP contribution in [0, 0.1) is 0 Å². The first kappa shape index (κ1) is 15.4. The molecule has 0 saturated carbocycles. The van der Waals surface area contributed by atoms with E-state index in [4.69, 9.17) is 9.15 Å². The van der Waals surface area contributed by atoms with Crippen molar-refractivity contribution in [1.82, 2.24) is 15.1 Å². The lowest BCUT2D eigenvalue weighted by Crippen LogP contribution is -2.22. The second-order valence-electron chi connectivity index (χ2n) is 5.87. The maximum absolute atomic E-state index is 5.87. The van der Waals surface area contributed by atoms with E-state index in [9.17, 15) is 0 Å². The van der Waals surface area contributed by atoms with Crippen molar-refractivity contribution in [2.45, 2.75) is 25.4 Å². The van der Waals surface area contributed by atoms with Crippen LogP contribution in [0.15, 0.2) is 46.2 Å².